The van der Waals surface area contributed by atoms with Crippen LogP contribution in [0.25, 0.3) is 55.9 Å². The first-order valence-electron chi connectivity index (χ1n) is 15.5. The van der Waals surface area contributed by atoms with E-state index in [0.717, 1.165) is 12.8 Å². The van der Waals surface area contributed by atoms with Gasteiger partial charge in [-0.1, -0.05) is 111 Å². The maximum Gasteiger partial charge on any atom is 0.296 e. The third-order valence-corrected chi connectivity index (χ3v) is 9.69. The van der Waals surface area contributed by atoms with Gasteiger partial charge in [0.05, 0.1) is 5.56 Å². The molecule has 212 valence electrons. The third-order valence-electron chi connectivity index (χ3n) is 9.69. The van der Waals surface area contributed by atoms with Crippen molar-refractivity contribution in [2.75, 3.05) is 0 Å². The van der Waals surface area contributed by atoms with Crippen molar-refractivity contribution in [3.63, 3.8) is 0 Å². The van der Waals surface area contributed by atoms with Crippen molar-refractivity contribution in [1.29, 1.82) is 0 Å². The summed E-state index contributed by atoms with van der Waals surface area (Å²) in [7, 11) is 0. The minimum absolute atomic E-state index is 0.214. The molecule has 0 aliphatic carbocycles. The van der Waals surface area contributed by atoms with Crippen LogP contribution in [0.15, 0.2) is 116 Å². The van der Waals surface area contributed by atoms with E-state index in [9.17, 15) is 0 Å². The van der Waals surface area contributed by atoms with Gasteiger partial charge in [0.1, 0.15) is 11.2 Å². The number of fused-ring (bicyclic) bond motifs is 5. The van der Waals surface area contributed by atoms with Gasteiger partial charge >= 0.3 is 0 Å². The van der Waals surface area contributed by atoms with Crippen molar-refractivity contribution in [2.45, 2.75) is 53.0 Å². The highest BCUT2D eigenvalue weighted by Gasteiger charge is 2.48. The van der Waals surface area contributed by atoms with Crippen molar-refractivity contribution in [1.82, 2.24) is 4.57 Å². The molecule has 0 amide bonds. The largest absolute Gasteiger partial charge is 0.296 e. The first-order chi connectivity index (χ1) is 20.9. The van der Waals surface area contributed by atoms with E-state index in [0.29, 0.717) is 0 Å². The first-order valence-corrected chi connectivity index (χ1v) is 15.5. The van der Waals surface area contributed by atoms with E-state index in [1.54, 1.807) is 0 Å². The topological polar surface area (TPSA) is 8.81 Å². The molecule has 0 saturated carbocycles. The van der Waals surface area contributed by atoms with Crippen molar-refractivity contribution in [3.8, 4) is 39.3 Å². The van der Waals surface area contributed by atoms with Crippen LogP contribution in [0, 0.1) is 20.8 Å². The highest BCUT2D eigenvalue weighted by molar-refractivity contribution is 5.90. The monoisotopic (exact) mass is 559 g/mol. The zero-order valence-electron chi connectivity index (χ0n) is 25.9. The van der Waals surface area contributed by atoms with Crippen LogP contribution in [0.5, 0.6) is 0 Å². The standard InChI is InChI=1S/C41H39N2/c1-7-41(8-2)30(6)35-22-21-34(33-18-14-17-32(25-33)31-15-10-9-11-16-31)26-36(35)40-42(37-19-12-13-20-38(37)43(40)41)39-28(4)23-27(3)24-29(39)5/h9-26H,6-8H2,1-5H3/q+1. The second kappa shape index (κ2) is 10.2. The van der Waals surface area contributed by atoms with E-state index in [-0.39, 0.29) is 5.54 Å². The zero-order valence-corrected chi connectivity index (χ0v) is 25.9. The minimum Gasteiger partial charge on any atom is -0.213 e. The number of para-hydroxylation sites is 2. The molecular formula is C41H39N2+. The number of hydrogen-bond acceptors (Lipinski definition) is 0. The van der Waals surface area contributed by atoms with Crippen molar-refractivity contribution < 1.29 is 4.57 Å². The number of rotatable bonds is 5. The summed E-state index contributed by atoms with van der Waals surface area (Å²) in [6.07, 6.45) is 1.94. The highest BCUT2D eigenvalue weighted by Crippen LogP contribution is 2.48. The van der Waals surface area contributed by atoms with Gasteiger partial charge in [-0.2, -0.15) is 4.57 Å². The number of aryl methyl sites for hydroxylation is 3. The molecule has 2 nitrogen and oxygen atoms in total. The Bertz CT molecular complexity index is 2010. The molecule has 2 heterocycles. The molecule has 0 spiro atoms. The van der Waals surface area contributed by atoms with Crippen molar-refractivity contribution >= 4 is 16.6 Å². The molecule has 43 heavy (non-hydrogen) atoms. The van der Waals surface area contributed by atoms with Gasteiger partial charge in [-0.05, 0) is 96.8 Å². The fraction of sp³-hybridized carbons (Fsp3) is 0.195. The number of aromatic nitrogens is 2. The van der Waals surface area contributed by atoms with Gasteiger partial charge in [0.25, 0.3) is 5.82 Å². The van der Waals surface area contributed by atoms with Crippen LogP contribution in [-0.4, -0.2) is 4.57 Å². The molecule has 7 rings (SSSR count). The molecular weight excluding hydrogens is 520 g/mol. The summed E-state index contributed by atoms with van der Waals surface area (Å²) in [4.78, 5) is 0. The molecule has 0 bridgehead atoms. The number of imidazole rings is 1. The molecule has 0 N–H and O–H groups in total. The Kier molecular flexibility index (Phi) is 6.47. The van der Waals surface area contributed by atoms with E-state index in [1.807, 2.05) is 0 Å². The minimum atomic E-state index is -0.214. The average Bonchev–Trinajstić information content (AvgIpc) is 3.37. The Morgan fingerprint density at radius 1 is 0.628 bits per heavy atom. The normalized spacial score (nSPS) is 13.7. The van der Waals surface area contributed by atoms with Crippen LogP contribution in [-0.2, 0) is 5.54 Å². The summed E-state index contributed by atoms with van der Waals surface area (Å²) in [5.74, 6) is 1.24. The molecule has 0 atom stereocenters. The van der Waals surface area contributed by atoms with Gasteiger partial charge in [-0.25, -0.2) is 4.57 Å². The summed E-state index contributed by atoms with van der Waals surface area (Å²) in [6, 6.07) is 40.1. The van der Waals surface area contributed by atoms with E-state index in [2.05, 4.69) is 153 Å². The smallest absolute Gasteiger partial charge is 0.213 e. The lowest BCUT2D eigenvalue weighted by Crippen LogP contribution is -2.59. The summed E-state index contributed by atoms with van der Waals surface area (Å²) in [5.41, 5.74) is 16.0. The number of nitrogens with zero attached hydrogens (tertiary/aromatic N) is 2. The lowest BCUT2D eigenvalue weighted by atomic mass is 9.76. The van der Waals surface area contributed by atoms with Crippen LogP contribution in [0.3, 0.4) is 0 Å². The second-order valence-electron chi connectivity index (χ2n) is 12.2. The van der Waals surface area contributed by atoms with Gasteiger partial charge in [-0.3, -0.25) is 0 Å². The fourth-order valence-corrected chi connectivity index (χ4v) is 7.66. The fourth-order valence-electron chi connectivity index (χ4n) is 7.66. The summed E-state index contributed by atoms with van der Waals surface area (Å²) >= 11 is 0. The van der Waals surface area contributed by atoms with E-state index < -0.39 is 0 Å². The number of allylic oxidation sites excluding steroid dienone is 1. The molecule has 2 heteroatoms. The Morgan fingerprint density at radius 3 is 1.93 bits per heavy atom. The highest BCUT2D eigenvalue weighted by atomic mass is 15.2. The van der Waals surface area contributed by atoms with Crippen LogP contribution >= 0.6 is 0 Å². The Hall–Kier alpha value is -4.69. The maximum absolute atomic E-state index is 4.81. The molecule has 5 aromatic carbocycles. The molecule has 0 fully saturated rings. The van der Waals surface area contributed by atoms with E-state index in [4.69, 9.17) is 6.58 Å². The van der Waals surface area contributed by atoms with Crippen LogP contribution in [0.2, 0.25) is 0 Å². The zero-order chi connectivity index (χ0) is 29.9. The quantitative estimate of drug-likeness (QED) is 0.186. The van der Waals surface area contributed by atoms with Crippen molar-refractivity contribution in [2.24, 2.45) is 0 Å². The molecule has 1 aliphatic rings. The average molecular weight is 560 g/mol. The third kappa shape index (κ3) is 4.04. The molecule has 0 unspecified atom stereocenters. The predicted octanol–water partition coefficient (Wildman–Crippen LogP) is 10.4. The van der Waals surface area contributed by atoms with E-state index >= 15 is 0 Å². The Balaban J connectivity index is 1.57. The lowest BCUT2D eigenvalue weighted by molar-refractivity contribution is -0.718. The molecule has 6 aromatic rings. The molecule has 1 aliphatic heterocycles. The first kappa shape index (κ1) is 27.2. The Labute approximate surface area is 255 Å². The lowest BCUT2D eigenvalue weighted by Gasteiger charge is -2.37. The van der Waals surface area contributed by atoms with Gasteiger partial charge < -0.3 is 0 Å². The van der Waals surface area contributed by atoms with Crippen LogP contribution < -0.4 is 4.57 Å². The molecule has 1 aromatic heterocycles. The summed E-state index contributed by atoms with van der Waals surface area (Å²) in [6.45, 7) is 16.1. The molecule has 0 radical (unpaired) electrons. The predicted molar refractivity (Wildman–Crippen MR) is 182 cm³/mol. The van der Waals surface area contributed by atoms with Crippen LogP contribution in [0.4, 0.5) is 0 Å². The van der Waals surface area contributed by atoms with Crippen molar-refractivity contribution in [3.05, 3.63) is 138 Å². The second-order valence-corrected chi connectivity index (χ2v) is 12.2. The summed E-state index contributed by atoms with van der Waals surface area (Å²) < 4.78 is 5.16. The van der Waals surface area contributed by atoms with Gasteiger partial charge in [0.15, 0.2) is 11.0 Å². The van der Waals surface area contributed by atoms with Crippen LogP contribution in [0.1, 0.15) is 48.9 Å². The van der Waals surface area contributed by atoms with Gasteiger partial charge in [-0.15, -0.1) is 0 Å². The van der Waals surface area contributed by atoms with Gasteiger partial charge in [0, 0.05) is 5.57 Å². The Morgan fingerprint density at radius 2 is 1.23 bits per heavy atom. The maximum atomic E-state index is 4.81. The molecule has 0 saturated heterocycles. The van der Waals surface area contributed by atoms with Gasteiger partial charge in [0.2, 0.25) is 0 Å². The number of hydrogen-bond donors (Lipinski definition) is 0. The van der Waals surface area contributed by atoms with E-state index in [1.165, 1.54) is 78.2 Å². The summed E-state index contributed by atoms with van der Waals surface area (Å²) in [5, 5.41) is 0. The number of benzene rings is 5. The SMILES string of the molecule is C=C1c2ccc(-c3cccc(-c4ccccc4)c3)cc2-c2n(-c3c(C)cc(C)cc3C)c3ccccc3[n+]2C1(CC)CC.